The van der Waals surface area contributed by atoms with Crippen LogP contribution in [0.15, 0.2) is 36.5 Å². The van der Waals surface area contributed by atoms with E-state index >= 15 is 0 Å². The molecule has 4 rings (SSSR count). The Labute approximate surface area is 165 Å². The van der Waals surface area contributed by atoms with E-state index in [4.69, 9.17) is 9.47 Å². The highest BCUT2D eigenvalue weighted by Gasteiger charge is 2.43. The van der Waals surface area contributed by atoms with E-state index in [0.29, 0.717) is 24.3 Å². The molecule has 0 saturated heterocycles. The molecule has 0 aromatic carbocycles. The van der Waals surface area contributed by atoms with Gasteiger partial charge in [-0.2, -0.15) is 18.2 Å². The number of nitrogens with one attached hydrogen (secondary N) is 1. The van der Waals surface area contributed by atoms with Crippen molar-refractivity contribution in [1.82, 2.24) is 15.3 Å². The van der Waals surface area contributed by atoms with Crippen molar-refractivity contribution in [1.29, 1.82) is 0 Å². The molecular weight excluding hydrogens is 387 g/mol. The predicted molar refractivity (Wildman–Crippen MR) is 96.6 cm³/mol. The molecular formula is C20H20F3N3O3. The van der Waals surface area contributed by atoms with E-state index in [9.17, 15) is 18.0 Å². The zero-order chi connectivity index (χ0) is 20.4. The lowest BCUT2D eigenvalue weighted by atomic mass is 10.2. The molecule has 0 aliphatic heterocycles. The first kappa shape index (κ1) is 19.5. The van der Waals surface area contributed by atoms with Gasteiger partial charge in [-0.25, -0.2) is 4.79 Å². The maximum absolute atomic E-state index is 13.4. The van der Waals surface area contributed by atoms with Gasteiger partial charge in [-0.15, -0.1) is 0 Å². The number of carbonyl (C=O) groups excluding carboxylic acids is 1. The second-order valence-electron chi connectivity index (χ2n) is 7.34. The highest BCUT2D eigenvalue weighted by atomic mass is 19.4. The molecule has 2 aromatic heterocycles. The maximum Gasteiger partial charge on any atom is 0.414 e. The molecule has 1 N–H and O–H groups in total. The normalized spacial score (nSPS) is 17.5. The molecule has 2 aliphatic rings. The number of rotatable bonds is 7. The van der Waals surface area contributed by atoms with E-state index in [1.165, 1.54) is 30.5 Å². The van der Waals surface area contributed by atoms with Crippen LogP contribution in [0.4, 0.5) is 18.0 Å². The number of nitrogens with zero attached hydrogens (tertiary/aromatic N) is 2. The van der Waals surface area contributed by atoms with E-state index in [1.807, 2.05) is 5.32 Å². The van der Waals surface area contributed by atoms with Crippen molar-refractivity contribution in [2.24, 2.45) is 5.92 Å². The lowest BCUT2D eigenvalue weighted by molar-refractivity contribution is -0.156. The van der Waals surface area contributed by atoms with Crippen LogP contribution in [-0.2, 0) is 0 Å². The second-order valence-corrected chi connectivity index (χ2v) is 7.34. The van der Waals surface area contributed by atoms with Crippen molar-refractivity contribution in [2.45, 2.75) is 43.8 Å². The van der Waals surface area contributed by atoms with Crippen LogP contribution in [0.2, 0.25) is 0 Å². The fourth-order valence-electron chi connectivity index (χ4n) is 2.91. The van der Waals surface area contributed by atoms with E-state index in [2.05, 4.69) is 9.97 Å². The Bertz CT molecular complexity index is 868. The summed E-state index contributed by atoms with van der Waals surface area (Å²) in [4.78, 5) is 20.0. The van der Waals surface area contributed by atoms with Gasteiger partial charge in [-0.1, -0.05) is 6.07 Å². The Balaban J connectivity index is 1.46. The van der Waals surface area contributed by atoms with Crippen molar-refractivity contribution < 1.29 is 27.4 Å². The number of ether oxygens (including phenoxy) is 2. The molecule has 154 valence electrons. The molecule has 0 unspecified atom stereocenters. The van der Waals surface area contributed by atoms with Crippen LogP contribution < -0.4 is 14.8 Å². The van der Waals surface area contributed by atoms with E-state index in [0.717, 1.165) is 31.2 Å². The summed E-state index contributed by atoms with van der Waals surface area (Å²) in [5, 5.41) is 1.82. The number of hydrogen-bond donors (Lipinski definition) is 1. The lowest BCUT2D eigenvalue weighted by Gasteiger charge is -2.20. The van der Waals surface area contributed by atoms with Crippen LogP contribution in [0.25, 0.3) is 0 Å². The first-order valence-electron chi connectivity index (χ1n) is 9.50. The second kappa shape index (κ2) is 7.88. The minimum Gasteiger partial charge on any atom is -0.477 e. The van der Waals surface area contributed by atoms with Gasteiger partial charge >= 0.3 is 12.3 Å². The number of pyridine rings is 2. The minimum absolute atomic E-state index is 0.111. The van der Waals surface area contributed by atoms with Crippen LogP contribution in [0.5, 0.6) is 11.8 Å². The largest absolute Gasteiger partial charge is 0.477 e. The van der Waals surface area contributed by atoms with Crippen LogP contribution in [0.1, 0.15) is 48.9 Å². The van der Waals surface area contributed by atoms with E-state index in [1.54, 1.807) is 6.07 Å². The van der Waals surface area contributed by atoms with Crippen LogP contribution in [0.3, 0.4) is 0 Å². The summed E-state index contributed by atoms with van der Waals surface area (Å²) >= 11 is 0. The van der Waals surface area contributed by atoms with Crippen molar-refractivity contribution in [2.75, 3.05) is 6.61 Å². The zero-order valence-corrected chi connectivity index (χ0v) is 15.5. The van der Waals surface area contributed by atoms with Crippen molar-refractivity contribution >= 4 is 6.09 Å². The van der Waals surface area contributed by atoms with Crippen LogP contribution >= 0.6 is 0 Å². The van der Waals surface area contributed by atoms with Gasteiger partial charge in [0.05, 0.1) is 12.3 Å². The van der Waals surface area contributed by atoms with Crippen LogP contribution in [-0.4, -0.2) is 28.8 Å². The maximum atomic E-state index is 13.4. The van der Waals surface area contributed by atoms with Crippen molar-refractivity contribution in [3.8, 4) is 11.8 Å². The summed E-state index contributed by atoms with van der Waals surface area (Å²) < 4.78 is 50.8. The lowest BCUT2D eigenvalue weighted by Crippen LogP contribution is -2.40. The van der Waals surface area contributed by atoms with Gasteiger partial charge in [0.15, 0.2) is 6.04 Å². The quantitative estimate of drug-likeness (QED) is 0.730. The van der Waals surface area contributed by atoms with Gasteiger partial charge in [0.2, 0.25) is 11.8 Å². The minimum atomic E-state index is -4.73. The fraction of sp³-hybridized carbons (Fsp3) is 0.450. The number of aromatic nitrogens is 2. The molecule has 0 spiro atoms. The molecule has 2 saturated carbocycles. The highest BCUT2D eigenvalue weighted by Crippen LogP contribution is 2.44. The highest BCUT2D eigenvalue weighted by molar-refractivity contribution is 5.70. The Morgan fingerprint density at radius 2 is 1.97 bits per heavy atom. The van der Waals surface area contributed by atoms with Gasteiger partial charge in [-0.05, 0) is 55.7 Å². The number of halogens is 3. The first-order valence-corrected chi connectivity index (χ1v) is 9.50. The van der Waals surface area contributed by atoms with Gasteiger partial charge in [0, 0.05) is 17.8 Å². The Morgan fingerprint density at radius 3 is 2.59 bits per heavy atom. The molecule has 2 aliphatic carbocycles. The van der Waals surface area contributed by atoms with E-state index < -0.39 is 18.3 Å². The molecule has 0 bridgehead atoms. The van der Waals surface area contributed by atoms with Crippen LogP contribution in [0, 0.1) is 5.92 Å². The van der Waals surface area contributed by atoms with Crippen molar-refractivity contribution in [3.63, 3.8) is 0 Å². The summed E-state index contributed by atoms with van der Waals surface area (Å²) in [5.74, 6) is 1.17. The number of carbonyl (C=O) groups is 1. The topological polar surface area (TPSA) is 73.3 Å². The third-order valence-corrected chi connectivity index (χ3v) is 4.80. The average molecular weight is 407 g/mol. The number of amides is 1. The van der Waals surface area contributed by atoms with E-state index in [-0.39, 0.29) is 11.6 Å². The Kier molecular flexibility index (Phi) is 5.29. The SMILES string of the molecule is O=C(N[C@@H](c1ccccn1)C(F)(F)F)Oc1ccc(C2CC2)c(OCC2CC2)n1. The van der Waals surface area contributed by atoms with Crippen molar-refractivity contribution in [3.05, 3.63) is 47.8 Å². The summed E-state index contributed by atoms with van der Waals surface area (Å²) in [7, 11) is 0. The summed E-state index contributed by atoms with van der Waals surface area (Å²) in [6, 6.07) is 5.04. The summed E-state index contributed by atoms with van der Waals surface area (Å²) in [6.07, 6.45) is -0.456. The number of hydrogen-bond acceptors (Lipinski definition) is 5. The Hall–Kier alpha value is -2.84. The fourth-order valence-corrected chi connectivity index (χ4v) is 2.91. The zero-order valence-electron chi connectivity index (χ0n) is 15.5. The molecule has 2 aromatic rings. The third kappa shape index (κ3) is 5.16. The molecule has 6 nitrogen and oxygen atoms in total. The molecule has 2 fully saturated rings. The Morgan fingerprint density at radius 1 is 1.17 bits per heavy atom. The average Bonchev–Trinajstić information content (AvgIpc) is 3.58. The predicted octanol–water partition coefficient (Wildman–Crippen LogP) is 4.53. The monoisotopic (exact) mass is 407 g/mol. The van der Waals surface area contributed by atoms with Gasteiger partial charge in [0.25, 0.3) is 0 Å². The molecule has 1 atom stereocenters. The molecule has 29 heavy (non-hydrogen) atoms. The first-order chi connectivity index (χ1) is 13.9. The molecule has 9 heteroatoms. The standard InChI is InChI=1S/C20H20F3N3O3/c21-20(22,23)17(15-3-1-2-10-24-15)26-19(27)29-16-9-8-14(13-6-7-13)18(25-16)28-11-12-4-5-12/h1-3,8-10,12-13,17H,4-7,11H2,(H,26,27)/t17-/m0/s1. The van der Waals surface area contributed by atoms with Gasteiger partial charge in [0.1, 0.15) is 0 Å². The molecule has 2 heterocycles. The summed E-state index contributed by atoms with van der Waals surface area (Å²) in [6.45, 7) is 0.540. The van der Waals surface area contributed by atoms with Gasteiger partial charge < -0.3 is 14.8 Å². The summed E-state index contributed by atoms with van der Waals surface area (Å²) in [5.41, 5.74) is 0.613. The third-order valence-electron chi connectivity index (χ3n) is 4.80. The molecule has 0 radical (unpaired) electrons. The smallest absolute Gasteiger partial charge is 0.414 e. The number of alkyl halides is 3. The molecule has 1 amide bonds. The van der Waals surface area contributed by atoms with Gasteiger partial charge in [-0.3, -0.25) is 4.98 Å².